The SMILES string of the molecule is CC(C)Cc1ccc(Cc2nc(-c3ccc(-c4ccccc4)cc3)c[nH]2)cc1. The van der Waals surface area contributed by atoms with Crippen molar-refractivity contribution in [2.45, 2.75) is 26.7 Å². The highest BCUT2D eigenvalue weighted by Gasteiger charge is 2.06. The van der Waals surface area contributed by atoms with Gasteiger partial charge in [0, 0.05) is 18.2 Å². The van der Waals surface area contributed by atoms with Crippen molar-refractivity contribution >= 4 is 0 Å². The van der Waals surface area contributed by atoms with Crippen LogP contribution in [-0.2, 0) is 12.8 Å². The van der Waals surface area contributed by atoms with Crippen molar-refractivity contribution in [1.82, 2.24) is 9.97 Å². The topological polar surface area (TPSA) is 28.7 Å². The van der Waals surface area contributed by atoms with E-state index in [4.69, 9.17) is 4.98 Å². The lowest BCUT2D eigenvalue weighted by Gasteiger charge is -2.06. The molecule has 28 heavy (non-hydrogen) atoms. The first kappa shape index (κ1) is 18.2. The molecule has 0 spiro atoms. The second-order valence-corrected chi connectivity index (χ2v) is 7.77. The summed E-state index contributed by atoms with van der Waals surface area (Å²) in [7, 11) is 0. The van der Waals surface area contributed by atoms with Crippen molar-refractivity contribution in [3.63, 3.8) is 0 Å². The van der Waals surface area contributed by atoms with Crippen molar-refractivity contribution in [1.29, 1.82) is 0 Å². The summed E-state index contributed by atoms with van der Waals surface area (Å²) in [5, 5.41) is 0. The molecule has 0 radical (unpaired) electrons. The molecule has 0 bridgehead atoms. The van der Waals surface area contributed by atoms with E-state index in [1.807, 2.05) is 12.3 Å². The minimum Gasteiger partial charge on any atom is -0.348 e. The average molecular weight is 367 g/mol. The molecule has 2 heteroatoms. The molecule has 0 atom stereocenters. The van der Waals surface area contributed by atoms with Crippen molar-refractivity contribution in [3.05, 3.63) is 102 Å². The molecule has 4 aromatic rings. The van der Waals surface area contributed by atoms with E-state index in [2.05, 4.69) is 91.6 Å². The number of hydrogen-bond acceptors (Lipinski definition) is 1. The number of nitrogens with one attached hydrogen (secondary N) is 1. The molecule has 4 rings (SSSR count). The quantitative estimate of drug-likeness (QED) is 0.413. The molecule has 0 saturated carbocycles. The van der Waals surface area contributed by atoms with E-state index in [1.165, 1.54) is 22.3 Å². The molecule has 2 nitrogen and oxygen atoms in total. The van der Waals surface area contributed by atoms with Crippen molar-refractivity contribution in [3.8, 4) is 22.4 Å². The van der Waals surface area contributed by atoms with Gasteiger partial charge in [-0.1, -0.05) is 92.7 Å². The third kappa shape index (κ3) is 4.40. The first-order valence-corrected chi connectivity index (χ1v) is 9.95. The maximum atomic E-state index is 4.79. The van der Waals surface area contributed by atoms with E-state index in [0.29, 0.717) is 5.92 Å². The molecule has 1 heterocycles. The maximum Gasteiger partial charge on any atom is 0.111 e. The molecule has 1 aromatic heterocycles. The monoisotopic (exact) mass is 366 g/mol. The highest BCUT2D eigenvalue weighted by molar-refractivity contribution is 5.68. The standard InChI is InChI=1S/C26H26N2/c1-19(2)16-20-8-10-21(11-9-20)17-26-27-18-25(28-26)24-14-12-23(13-15-24)22-6-4-3-5-7-22/h3-15,18-19H,16-17H2,1-2H3,(H,27,28). The highest BCUT2D eigenvalue weighted by Crippen LogP contribution is 2.24. The molecule has 0 fully saturated rings. The lowest BCUT2D eigenvalue weighted by molar-refractivity contribution is 0.647. The number of aromatic nitrogens is 2. The number of benzene rings is 3. The Balaban J connectivity index is 1.45. The zero-order valence-corrected chi connectivity index (χ0v) is 16.5. The number of nitrogens with zero attached hydrogens (tertiary/aromatic N) is 1. The first-order valence-electron chi connectivity index (χ1n) is 9.95. The molecule has 0 unspecified atom stereocenters. The Kier molecular flexibility index (Phi) is 5.38. The summed E-state index contributed by atoms with van der Waals surface area (Å²) < 4.78 is 0. The molecule has 0 aliphatic carbocycles. The Morgan fingerprint density at radius 1 is 0.714 bits per heavy atom. The predicted molar refractivity (Wildman–Crippen MR) is 117 cm³/mol. The number of rotatable bonds is 6. The van der Waals surface area contributed by atoms with E-state index in [0.717, 1.165) is 29.9 Å². The summed E-state index contributed by atoms with van der Waals surface area (Å²) >= 11 is 0. The third-order valence-corrected chi connectivity index (χ3v) is 4.96. The van der Waals surface area contributed by atoms with Gasteiger partial charge >= 0.3 is 0 Å². The van der Waals surface area contributed by atoms with Gasteiger partial charge in [0.1, 0.15) is 5.82 Å². The largest absolute Gasteiger partial charge is 0.348 e. The van der Waals surface area contributed by atoms with E-state index >= 15 is 0 Å². The van der Waals surface area contributed by atoms with Gasteiger partial charge in [-0.2, -0.15) is 0 Å². The molecule has 140 valence electrons. The highest BCUT2D eigenvalue weighted by atomic mass is 14.9. The third-order valence-electron chi connectivity index (χ3n) is 4.96. The van der Waals surface area contributed by atoms with Crippen LogP contribution < -0.4 is 0 Å². The molecule has 3 aromatic carbocycles. The molecular weight excluding hydrogens is 340 g/mol. The number of hydrogen-bond donors (Lipinski definition) is 1. The fraction of sp³-hybridized carbons (Fsp3) is 0.192. The summed E-state index contributed by atoms with van der Waals surface area (Å²) in [6.07, 6.45) is 3.95. The number of H-pyrrole nitrogens is 1. The van der Waals surface area contributed by atoms with Crippen molar-refractivity contribution in [2.75, 3.05) is 0 Å². The zero-order chi connectivity index (χ0) is 19.3. The van der Waals surface area contributed by atoms with Crippen molar-refractivity contribution in [2.24, 2.45) is 5.92 Å². The summed E-state index contributed by atoms with van der Waals surface area (Å²) in [4.78, 5) is 8.13. The van der Waals surface area contributed by atoms with Gasteiger partial charge in [0.05, 0.1) is 5.69 Å². The van der Waals surface area contributed by atoms with Gasteiger partial charge in [-0.25, -0.2) is 4.98 Å². The van der Waals surface area contributed by atoms with Crippen LogP contribution in [0.25, 0.3) is 22.4 Å². The Hall–Kier alpha value is -3.13. The number of imidazole rings is 1. The van der Waals surface area contributed by atoms with Crippen LogP contribution in [0.15, 0.2) is 85.1 Å². The van der Waals surface area contributed by atoms with Gasteiger partial charge in [-0.3, -0.25) is 0 Å². The Labute approximate surface area is 167 Å². The fourth-order valence-corrected chi connectivity index (χ4v) is 3.52. The Morgan fingerprint density at radius 3 is 2.00 bits per heavy atom. The van der Waals surface area contributed by atoms with Crippen LogP contribution in [0.5, 0.6) is 0 Å². The van der Waals surface area contributed by atoms with Gasteiger partial charge < -0.3 is 4.98 Å². The van der Waals surface area contributed by atoms with Crippen molar-refractivity contribution < 1.29 is 0 Å². The van der Waals surface area contributed by atoms with Crippen LogP contribution in [-0.4, -0.2) is 9.97 Å². The lowest BCUT2D eigenvalue weighted by atomic mass is 10.0. The van der Waals surface area contributed by atoms with Crippen LogP contribution in [0.3, 0.4) is 0 Å². The van der Waals surface area contributed by atoms with Gasteiger partial charge in [-0.05, 0) is 34.6 Å². The molecule has 0 saturated heterocycles. The lowest BCUT2D eigenvalue weighted by Crippen LogP contribution is -1.95. The second kappa shape index (κ2) is 8.26. The summed E-state index contributed by atoms with van der Waals surface area (Å²) in [6, 6.07) is 28.0. The van der Waals surface area contributed by atoms with Gasteiger partial charge in [0.2, 0.25) is 0 Å². The molecule has 0 aliphatic heterocycles. The maximum absolute atomic E-state index is 4.79. The smallest absolute Gasteiger partial charge is 0.111 e. The zero-order valence-electron chi connectivity index (χ0n) is 16.5. The van der Waals surface area contributed by atoms with E-state index in [1.54, 1.807) is 0 Å². The summed E-state index contributed by atoms with van der Waals surface area (Å²) in [5.74, 6) is 1.69. The second-order valence-electron chi connectivity index (χ2n) is 7.77. The van der Waals surface area contributed by atoms with Crippen LogP contribution in [0.1, 0.15) is 30.8 Å². The Bertz CT molecular complexity index is 1010. The molecule has 0 amide bonds. The van der Waals surface area contributed by atoms with Gasteiger partial charge in [0.15, 0.2) is 0 Å². The first-order chi connectivity index (χ1) is 13.7. The van der Waals surface area contributed by atoms with Gasteiger partial charge in [0.25, 0.3) is 0 Å². The van der Waals surface area contributed by atoms with Crippen LogP contribution in [0.4, 0.5) is 0 Å². The summed E-state index contributed by atoms with van der Waals surface area (Å²) in [6.45, 7) is 4.51. The van der Waals surface area contributed by atoms with E-state index < -0.39 is 0 Å². The van der Waals surface area contributed by atoms with Gasteiger partial charge in [-0.15, -0.1) is 0 Å². The van der Waals surface area contributed by atoms with Crippen LogP contribution in [0.2, 0.25) is 0 Å². The Morgan fingerprint density at radius 2 is 1.32 bits per heavy atom. The normalized spacial score (nSPS) is 11.1. The van der Waals surface area contributed by atoms with Crippen LogP contribution in [0, 0.1) is 5.92 Å². The minimum atomic E-state index is 0.687. The fourth-order valence-electron chi connectivity index (χ4n) is 3.52. The minimum absolute atomic E-state index is 0.687. The summed E-state index contributed by atoms with van der Waals surface area (Å²) in [5.41, 5.74) is 7.27. The average Bonchev–Trinajstić information content (AvgIpc) is 3.18. The number of aromatic amines is 1. The molecular formula is C26H26N2. The van der Waals surface area contributed by atoms with E-state index in [9.17, 15) is 0 Å². The van der Waals surface area contributed by atoms with Crippen LogP contribution >= 0.6 is 0 Å². The van der Waals surface area contributed by atoms with E-state index in [-0.39, 0.29) is 0 Å². The molecule has 1 N–H and O–H groups in total. The molecule has 0 aliphatic rings. The predicted octanol–water partition coefficient (Wildman–Crippen LogP) is 6.53.